The largest absolute Gasteiger partial charge is 0.394 e. The van der Waals surface area contributed by atoms with Crippen LogP contribution in [0.1, 0.15) is 45.1 Å². The highest BCUT2D eigenvalue weighted by molar-refractivity contribution is 7.97. The van der Waals surface area contributed by atoms with Crippen molar-refractivity contribution in [3.05, 3.63) is 54.1 Å². The maximum atomic E-state index is 10.4. The molecule has 0 radical (unpaired) electrons. The number of carbonyl (C=O) groups is 1. The van der Waals surface area contributed by atoms with Gasteiger partial charge in [-0.25, -0.2) is 4.31 Å². The molecule has 1 atom stereocenters. The predicted molar refractivity (Wildman–Crippen MR) is 134 cm³/mol. The van der Waals surface area contributed by atoms with Gasteiger partial charge in [0.1, 0.15) is 12.4 Å². The van der Waals surface area contributed by atoms with Crippen molar-refractivity contribution in [2.75, 3.05) is 33.4 Å². The zero-order valence-electron chi connectivity index (χ0n) is 19.7. The molecule has 0 spiro atoms. The number of methoxy groups -OCH3 is 1. The minimum absolute atomic E-state index is 0.205. The summed E-state index contributed by atoms with van der Waals surface area (Å²) in [6.07, 6.45) is 5.20. The highest BCUT2D eigenvalue weighted by Crippen LogP contribution is 2.27. The van der Waals surface area contributed by atoms with E-state index in [1.54, 1.807) is 0 Å². The molecular formula is C26H39NO4S. The van der Waals surface area contributed by atoms with Crippen molar-refractivity contribution < 1.29 is 19.7 Å². The Morgan fingerprint density at radius 1 is 1.00 bits per heavy atom. The van der Waals surface area contributed by atoms with Crippen molar-refractivity contribution in [1.29, 1.82) is 0 Å². The summed E-state index contributed by atoms with van der Waals surface area (Å²) >= 11 is 1.86. The summed E-state index contributed by atoms with van der Waals surface area (Å²) in [4.78, 5) is 11.7. The van der Waals surface area contributed by atoms with Gasteiger partial charge in [-0.05, 0) is 66.5 Å². The van der Waals surface area contributed by atoms with Crippen molar-refractivity contribution in [3.63, 3.8) is 0 Å². The molecule has 178 valence electrons. The number of aliphatic hydroxyl groups excluding tert-OH is 2. The number of nitrogens with zero attached hydrogens (tertiary/aromatic N) is 1. The van der Waals surface area contributed by atoms with Gasteiger partial charge in [0.05, 0.1) is 13.2 Å². The number of rotatable bonds is 14. The topological polar surface area (TPSA) is 70.0 Å². The maximum Gasteiger partial charge on any atom is 0.120 e. The molecule has 32 heavy (non-hydrogen) atoms. The lowest BCUT2D eigenvalue weighted by Gasteiger charge is -2.19. The summed E-state index contributed by atoms with van der Waals surface area (Å²) in [5.74, 6) is 0. The molecule has 0 bridgehead atoms. The first-order chi connectivity index (χ1) is 15.6. The summed E-state index contributed by atoms with van der Waals surface area (Å²) in [5.41, 5.74) is 3.79. The molecule has 6 heteroatoms. The lowest BCUT2D eigenvalue weighted by atomic mass is 10.0. The number of hydrogen-bond acceptors (Lipinski definition) is 6. The van der Waals surface area contributed by atoms with Crippen molar-refractivity contribution in [3.8, 4) is 11.1 Å². The van der Waals surface area contributed by atoms with Crippen LogP contribution >= 0.6 is 11.9 Å². The van der Waals surface area contributed by atoms with Crippen molar-refractivity contribution in [1.82, 2.24) is 4.31 Å². The summed E-state index contributed by atoms with van der Waals surface area (Å²) in [6, 6.07) is 17.6. The van der Waals surface area contributed by atoms with Crippen molar-refractivity contribution >= 4 is 18.2 Å². The lowest BCUT2D eigenvalue weighted by Crippen LogP contribution is -2.17. The maximum absolute atomic E-state index is 10.4. The number of aldehydes is 1. The van der Waals surface area contributed by atoms with Crippen LogP contribution in [-0.2, 0) is 16.0 Å². The van der Waals surface area contributed by atoms with E-state index in [9.17, 15) is 4.79 Å². The zero-order chi connectivity index (χ0) is 23.6. The van der Waals surface area contributed by atoms with E-state index >= 15 is 0 Å². The average Bonchev–Trinajstić information content (AvgIpc) is 2.81. The summed E-state index contributed by atoms with van der Waals surface area (Å²) in [5, 5.41) is 16.6. The van der Waals surface area contributed by atoms with Crippen LogP contribution in [0.15, 0.2) is 53.4 Å². The second kappa shape index (κ2) is 17.8. The highest BCUT2D eigenvalue weighted by atomic mass is 32.2. The molecule has 1 unspecified atom stereocenters. The molecule has 0 aliphatic heterocycles. The van der Waals surface area contributed by atoms with Crippen molar-refractivity contribution in [2.45, 2.75) is 57.0 Å². The van der Waals surface area contributed by atoms with Crippen LogP contribution in [0.3, 0.4) is 0 Å². The zero-order valence-corrected chi connectivity index (χ0v) is 20.5. The van der Waals surface area contributed by atoms with E-state index in [0.29, 0.717) is 6.42 Å². The molecule has 0 heterocycles. The fraction of sp³-hybridized carbons (Fsp3) is 0.500. The van der Waals surface area contributed by atoms with Gasteiger partial charge < -0.3 is 19.7 Å². The second-order valence-electron chi connectivity index (χ2n) is 7.59. The van der Waals surface area contributed by atoms with Gasteiger partial charge in [0.15, 0.2) is 0 Å². The van der Waals surface area contributed by atoms with Crippen LogP contribution in [0.2, 0.25) is 0 Å². The molecule has 2 rings (SSSR count). The van der Waals surface area contributed by atoms with Gasteiger partial charge in [0, 0.05) is 31.5 Å². The van der Waals surface area contributed by atoms with Crippen LogP contribution in [0.4, 0.5) is 0 Å². The predicted octanol–water partition coefficient (Wildman–Crippen LogP) is 4.99. The molecule has 0 aliphatic rings. The number of unbranched alkanes of at least 4 members (excludes halogenated alkanes) is 1. The van der Waals surface area contributed by atoms with Gasteiger partial charge in [-0.15, -0.1) is 0 Å². The molecule has 0 saturated heterocycles. The Balaban J connectivity index is 0.000000633. The molecule has 0 amide bonds. The van der Waals surface area contributed by atoms with Gasteiger partial charge >= 0.3 is 0 Å². The molecular weight excluding hydrogens is 422 g/mol. The Hall–Kier alpha value is -1.70. The fourth-order valence-corrected chi connectivity index (χ4v) is 4.16. The first kappa shape index (κ1) is 28.3. The smallest absolute Gasteiger partial charge is 0.120 e. The minimum atomic E-state index is -0.718. The van der Waals surface area contributed by atoms with E-state index in [4.69, 9.17) is 10.2 Å². The first-order valence-electron chi connectivity index (χ1n) is 11.4. The number of benzene rings is 2. The molecule has 0 aromatic heterocycles. The van der Waals surface area contributed by atoms with Crippen LogP contribution in [0.25, 0.3) is 11.1 Å². The third-order valence-electron chi connectivity index (χ3n) is 4.68. The number of hydrogen-bond donors (Lipinski definition) is 2. The number of carbonyl (C=O) groups excluding carboxylic acids is 1. The van der Waals surface area contributed by atoms with Crippen LogP contribution in [0.5, 0.6) is 0 Å². The SMILES string of the molecule is CCCN(CCC)Sc1ccc(-c2ccc(CCCC=O)cc2)cc1.COCC(O)CO. The Morgan fingerprint density at radius 2 is 1.56 bits per heavy atom. The normalized spacial score (nSPS) is 11.7. The van der Waals surface area contributed by atoms with Gasteiger partial charge in [-0.1, -0.05) is 50.2 Å². The summed E-state index contributed by atoms with van der Waals surface area (Å²) < 4.78 is 6.93. The Bertz CT molecular complexity index is 716. The molecule has 0 saturated carbocycles. The molecule has 0 aliphatic carbocycles. The molecule has 2 N–H and O–H groups in total. The third-order valence-corrected chi connectivity index (χ3v) is 5.79. The van der Waals surface area contributed by atoms with Crippen LogP contribution in [-0.4, -0.2) is 60.3 Å². The second-order valence-corrected chi connectivity index (χ2v) is 8.76. The van der Waals surface area contributed by atoms with Crippen LogP contribution in [0, 0.1) is 0 Å². The Morgan fingerprint density at radius 3 is 2.00 bits per heavy atom. The average molecular weight is 462 g/mol. The molecule has 5 nitrogen and oxygen atoms in total. The standard InChI is InChI=1S/C22H29NOS.C4H10O3/c1-3-16-23(17-4-2)25-22-14-12-21(13-15-22)20-10-8-19(9-11-20)7-5-6-18-24;1-7-3-4(6)2-5/h8-15,18H,3-7,16-17H2,1-2H3;4-6H,2-3H2,1H3. The number of aryl methyl sites for hydroxylation is 1. The molecule has 2 aromatic rings. The highest BCUT2D eigenvalue weighted by Gasteiger charge is 2.06. The van der Waals surface area contributed by atoms with Crippen LogP contribution < -0.4 is 0 Å². The monoisotopic (exact) mass is 461 g/mol. The minimum Gasteiger partial charge on any atom is -0.394 e. The van der Waals surface area contributed by atoms with E-state index in [2.05, 4.69) is 71.4 Å². The lowest BCUT2D eigenvalue weighted by molar-refractivity contribution is -0.107. The number of ether oxygens (including phenoxy) is 1. The number of aliphatic hydroxyl groups is 2. The Kier molecular flexibility index (Phi) is 15.8. The van der Waals surface area contributed by atoms with Gasteiger partial charge in [-0.2, -0.15) is 0 Å². The molecule has 2 aromatic carbocycles. The Labute approximate surface area is 197 Å². The first-order valence-corrected chi connectivity index (χ1v) is 12.2. The third kappa shape index (κ3) is 11.8. The van der Waals surface area contributed by atoms with E-state index in [-0.39, 0.29) is 13.2 Å². The fourth-order valence-electron chi connectivity index (χ4n) is 3.06. The van der Waals surface area contributed by atoms with E-state index < -0.39 is 6.10 Å². The van der Waals surface area contributed by atoms with Gasteiger partial charge in [0.2, 0.25) is 0 Å². The van der Waals surface area contributed by atoms with E-state index in [0.717, 1.165) is 32.2 Å². The summed E-state index contributed by atoms with van der Waals surface area (Å²) in [7, 11) is 1.47. The quantitative estimate of drug-likeness (QED) is 0.235. The van der Waals surface area contributed by atoms with E-state index in [1.807, 2.05) is 11.9 Å². The summed E-state index contributed by atoms with van der Waals surface area (Å²) in [6.45, 7) is 6.70. The van der Waals surface area contributed by atoms with Crippen molar-refractivity contribution in [2.24, 2.45) is 0 Å². The van der Waals surface area contributed by atoms with Gasteiger partial charge in [-0.3, -0.25) is 0 Å². The van der Waals surface area contributed by atoms with E-state index in [1.165, 1.54) is 41.5 Å². The van der Waals surface area contributed by atoms with Gasteiger partial charge in [0.25, 0.3) is 0 Å². The molecule has 0 fully saturated rings.